The zero-order chi connectivity index (χ0) is 12.6. The molecule has 17 heavy (non-hydrogen) atoms. The van der Waals surface area contributed by atoms with Crippen LogP contribution in [0.25, 0.3) is 11.3 Å². The Hall–Kier alpha value is -1.49. The topological polar surface area (TPSA) is 17.8 Å². The van der Waals surface area contributed by atoms with Crippen molar-refractivity contribution in [1.82, 2.24) is 9.78 Å². The maximum Gasteiger partial charge on any atom is 0.433 e. The van der Waals surface area contributed by atoms with Crippen LogP contribution < -0.4 is 0 Å². The van der Waals surface area contributed by atoms with E-state index in [9.17, 15) is 13.2 Å². The van der Waals surface area contributed by atoms with Gasteiger partial charge in [0.15, 0.2) is 0 Å². The highest BCUT2D eigenvalue weighted by atomic mass is 35.5. The van der Waals surface area contributed by atoms with Crippen LogP contribution in [-0.4, -0.2) is 9.78 Å². The van der Waals surface area contributed by atoms with Crippen LogP contribution in [0.1, 0.15) is 5.69 Å². The third kappa shape index (κ3) is 2.44. The molecule has 0 saturated heterocycles. The van der Waals surface area contributed by atoms with Crippen molar-refractivity contribution in [3.63, 3.8) is 0 Å². The average molecular weight is 261 g/mol. The third-order valence-electron chi connectivity index (χ3n) is 2.31. The summed E-state index contributed by atoms with van der Waals surface area (Å²) in [6.07, 6.45) is -4.40. The summed E-state index contributed by atoms with van der Waals surface area (Å²) in [5.74, 6) is 0. The number of halogens is 4. The van der Waals surface area contributed by atoms with E-state index < -0.39 is 11.9 Å². The molecule has 0 unspecified atom stereocenters. The van der Waals surface area contributed by atoms with Gasteiger partial charge in [0.25, 0.3) is 0 Å². The van der Waals surface area contributed by atoms with Gasteiger partial charge in [-0.15, -0.1) is 0 Å². The molecular weight excluding hydrogens is 253 g/mol. The minimum absolute atomic E-state index is 0.275. The van der Waals surface area contributed by atoms with Crippen LogP contribution in [0.4, 0.5) is 13.2 Å². The molecule has 0 aliphatic heterocycles. The highest BCUT2D eigenvalue weighted by Gasteiger charge is 2.34. The van der Waals surface area contributed by atoms with Crippen molar-refractivity contribution in [3.05, 3.63) is 41.0 Å². The van der Waals surface area contributed by atoms with Gasteiger partial charge in [0, 0.05) is 17.6 Å². The molecule has 0 radical (unpaired) electrons. The van der Waals surface area contributed by atoms with Crippen LogP contribution >= 0.6 is 11.6 Å². The van der Waals surface area contributed by atoms with Gasteiger partial charge >= 0.3 is 6.18 Å². The molecule has 0 saturated carbocycles. The fourth-order valence-electron chi connectivity index (χ4n) is 1.49. The maximum atomic E-state index is 12.6. The highest BCUT2D eigenvalue weighted by molar-refractivity contribution is 6.30. The first-order chi connectivity index (χ1) is 7.88. The average Bonchev–Trinajstić information content (AvgIpc) is 2.61. The Bertz CT molecular complexity index is 529. The second kappa shape index (κ2) is 4.07. The molecule has 0 N–H and O–H groups in total. The summed E-state index contributed by atoms with van der Waals surface area (Å²) in [5.41, 5.74) is 0.0967. The van der Waals surface area contributed by atoms with Gasteiger partial charge in [0.1, 0.15) is 5.69 Å². The van der Waals surface area contributed by atoms with Crippen LogP contribution in [0.3, 0.4) is 0 Å². The SMILES string of the molecule is Cn1nc(-c2ccc(Cl)cc2)cc1C(F)(F)F. The van der Waals surface area contributed by atoms with Crippen molar-refractivity contribution in [1.29, 1.82) is 0 Å². The Balaban J connectivity index is 2.45. The van der Waals surface area contributed by atoms with Crippen LogP contribution in [0.2, 0.25) is 5.02 Å². The minimum Gasteiger partial charge on any atom is -0.263 e. The molecule has 0 aliphatic rings. The third-order valence-corrected chi connectivity index (χ3v) is 2.56. The Morgan fingerprint density at radius 3 is 2.24 bits per heavy atom. The largest absolute Gasteiger partial charge is 0.433 e. The zero-order valence-corrected chi connectivity index (χ0v) is 9.55. The number of benzene rings is 1. The molecule has 0 amide bonds. The molecule has 0 atom stereocenters. The molecule has 0 fully saturated rings. The number of rotatable bonds is 1. The summed E-state index contributed by atoms with van der Waals surface area (Å²) < 4.78 is 38.5. The van der Waals surface area contributed by atoms with Gasteiger partial charge in [-0.05, 0) is 18.2 Å². The second-order valence-corrected chi connectivity index (χ2v) is 3.98. The Kier molecular flexibility index (Phi) is 2.87. The fourth-order valence-corrected chi connectivity index (χ4v) is 1.62. The van der Waals surface area contributed by atoms with E-state index in [1.165, 1.54) is 7.05 Å². The van der Waals surface area contributed by atoms with E-state index >= 15 is 0 Å². The molecule has 1 aromatic carbocycles. The monoisotopic (exact) mass is 260 g/mol. The maximum absolute atomic E-state index is 12.6. The second-order valence-electron chi connectivity index (χ2n) is 3.54. The Morgan fingerprint density at radius 1 is 1.18 bits per heavy atom. The van der Waals surface area contributed by atoms with E-state index in [-0.39, 0.29) is 5.69 Å². The number of hydrogen-bond acceptors (Lipinski definition) is 1. The van der Waals surface area contributed by atoms with Gasteiger partial charge in [-0.1, -0.05) is 23.7 Å². The van der Waals surface area contributed by atoms with E-state index in [4.69, 9.17) is 11.6 Å². The van der Waals surface area contributed by atoms with Crippen molar-refractivity contribution in [2.24, 2.45) is 7.05 Å². The number of aromatic nitrogens is 2. The summed E-state index contributed by atoms with van der Waals surface area (Å²) in [6.45, 7) is 0. The van der Waals surface area contributed by atoms with Crippen LogP contribution in [0, 0.1) is 0 Å². The van der Waals surface area contributed by atoms with E-state index in [1.807, 2.05) is 0 Å². The quantitative estimate of drug-likeness (QED) is 0.763. The predicted octanol–water partition coefficient (Wildman–Crippen LogP) is 3.76. The molecule has 1 heterocycles. The molecule has 2 nitrogen and oxygen atoms in total. The predicted molar refractivity (Wildman–Crippen MR) is 58.7 cm³/mol. The molecule has 0 bridgehead atoms. The number of aryl methyl sites for hydroxylation is 1. The molecule has 2 rings (SSSR count). The molecule has 0 aliphatic carbocycles. The van der Waals surface area contributed by atoms with Gasteiger partial charge in [0.2, 0.25) is 0 Å². The van der Waals surface area contributed by atoms with Crippen molar-refractivity contribution in [3.8, 4) is 11.3 Å². The van der Waals surface area contributed by atoms with E-state index in [0.717, 1.165) is 10.7 Å². The number of nitrogens with zero attached hydrogens (tertiary/aromatic N) is 2. The summed E-state index contributed by atoms with van der Waals surface area (Å²) in [6, 6.07) is 7.50. The minimum atomic E-state index is -4.40. The van der Waals surface area contributed by atoms with Gasteiger partial charge in [-0.3, -0.25) is 4.68 Å². The van der Waals surface area contributed by atoms with Crippen LogP contribution in [0.15, 0.2) is 30.3 Å². The van der Waals surface area contributed by atoms with Crippen molar-refractivity contribution in [2.45, 2.75) is 6.18 Å². The molecular formula is C11H8ClF3N2. The normalized spacial score (nSPS) is 11.8. The summed E-state index contributed by atoms with van der Waals surface area (Å²) in [7, 11) is 1.27. The van der Waals surface area contributed by atoms with Crippen LogP contribution in [0.5, 0.6) is 0 Å². The molecule has 2 aromatic rings. The van der Waals surface area contributed by atoms with Crippen LogP contribution in [-0.2, 0) is 13.2 Å². The summed E-state index contributed by atoms with van der Waals surface area (Å²) in [4.78, 5) is 0. The Morgan fingerprint density at radius 2 is 1.76 bits per heavy atom. The first kappa shape index (κ1) is 12.0. The zero-order valence-electron chi connectivity index (χ0n) is 8.79. The van der Waals surface area contributed by atoms with Gasteiger partial charge < -0.3 is 0 Å². The van der Waals surface area contributed by atoms with Gasteiger partial charge in [0.05, 0.1) is 5.69 Å². The summed E-state index contributed by atoms with van der Waals surface area (Å²) in [5, 5.41) is 4.36. The number of alkyl halides is 3. The van der Waals surface area contributed by atoms with E-state index in [0.29, 0.717) is 10.6 Å². The lowest BCUT2D eigenvalue weighted by atomic mass is 10.1. The standard InChI is InChI=1S/C11H8ClF3N2/c1-17-10(11(13,14)15)6-9(16-17)7-2-4-8(12)5-3-7/h2-6H,1H3. The van der Waals surface area contributed by atoms with Crippen molar-refractivity contribution < 1.29 is 13.2 Å². The fraction of sp³-hybridized carbons (Fsp3) is 0.182. The highest BCUT2D eigenvalue weighted by Crippen LogP contribution is 2.31. The Labute approximate surface area is 101 Å². The lowest BCUT2D eigenvalue weighted by molar-refractivity contribution is -0.143. The summed E-state index contributed by atoms with van der Waals surface area (Å²) >= 11 is 5.70. The number of hydrogen-bond donors (Lipinski definition) is 0. The van der Waals surface area contributed by atoms with E-state index in [2.05, 4.69) is 5.10 Å². The lowest BCUT2D eigenvalue weighted by Crippen LogP contribution is -2.11. The molecule has 90 valence electrons. The molecule has 0 spiro atoms. The van der Waals surface area contributed by atoms with Gasteiger partial charge in [-0.2, -0.15) is 18.3 Å². The molecule has 1 aromatic heterocycles. The first-order valence-corrected chi connectivity index (χ1v) is 5.13. The van der Waals surface area contributed by atoms with E-state index in [1.54, 1.807) is 24.3 Å². The van der Waals surface area contributed by atoms with Crippen molar-refractivity contribution >= 4 is 11.6 Å². The van der Waals surface area contributed by atoms with Gasteiger partial charge in [-0.25, -0.2) is 0 Å². The smallest absolute Gasteiger partial charge is 0.263 e. The lowest BCUT2D eigenvalue weighted by Gasteiger charge is -2.04. The van der Waals surface area contributed by atoms with Crippen molar-refractivity contribution in [2.75, 3.05) is 0 Å². The first-order valence-electron chi connectivity index (χ1n) is 4.75. The molecule has 6 heteroatoms.